The Morgan fingerprint density at radius 3 is 2.36 bits per heavy atom. The maximum absolute atomic E-state index is 11.6. The second kappa shape index (κ2) is 6.63. The number of hydrogen-bond acceptors (Lipinski definition) is 4. The van der Waals surface area contributed by atoms with Crippen molar-refractivity contribution in [3.63, 3.8) is 0 Å². The first kappa shape index (κ1) is 18.4. The van der Waals surface area contributed by atoms with Gasteiger partial charge in [0.05, 0.1) is 17.3 Å². The van der Waals surface area contributed by atoms with Gasteiger partial charge >= 0.3 is 5.97 Å². The van der Waals surface area contributed by atoms with E-state index in [2.05, 4.69) is 6.58 Å². The summed E-state index contributed by atoms with van der Waals surface area (Å²) in [5.74, 6) is -0.0150. The first-order valence-electron chi connectivity index (χ1n) is 7.32. The third kappa shape index (κ3) is 4.97. The van der Waals surface area contributed by atoms with Gasteiger partial charge in [-0.15, -0.1) is 0 Å². The van der Waals surface area contributed by atoms with Gasteiger partial charge in [-0.2, -0.15) is 0 Å². The van der Waals surface area contributed by atoms with E-state index in [4.69, 9.17) is 9.47 Å². The molecule has 0 saturated heterocycles. The molecular weight excluding hydrogens is 280 g/mol. The molecular formula is C18H26O4. The maximum atomic E-state index is 11.6. The Labute approximate surface area is 132 Å². The molecule has 0 aliphatic heterocycles. The fourth-order valence-electron chi connectivity index (χ4n) is 1.78. The molecule has 1 atom stereocenters. The average molecular weight is 306 g/mol. The van der Waals surface area contributed by atoms with Crippen LogP contribution in [0.25, 0.3) is 0 Å². The molecule has 1 aromatic rings. The van der Waals surface area contributed by atoms with Gasteiger partial charge in [0, 0.05) is 5.57 Å². The first-order valence-corrected chi connectivity index (χ1v) is 7.32. The standard InChI is InChI=1S/C18H26O4/c1-12(2)16(19)21-15-10-8-9-14(11-15)18(6,7)22-13(3)17(4,5)20/h8-11,13,20H,1H2,2-7H3. The van der Waals surface area contributed by atoms with Gasteiger partial charge in [-0.3, -0.25) is 0 Å². The van der Waals surface area contributed by atoms with Crippen LogP contribution in [0, 0.1) is 0 Å². The summed E-state index contributed by atoms with van der Waals surface area (Å²) in [6.07, 6.45) is -0.357. The highest BCUT2D eigenvalue weighted by Gasteiger charge is 2.31. The monoisotopic (exact) mass is 306 g/mol. The Bertz CT molecular complexity index is 552. The van der Waals surface area contributed by atoms with E-state index < -0.39 is 17.2 Å². The number of hydrogen-bond donors (Lipinski definition) is 1. The summed E-state index contributed by atoms with van der Waals surface area (Å²) in [5.41, 5.74) is -0.376. The molecule has 122 valence electrons. The predicted molar refractivity (Wildman–Crippen MR) is 86.8 cm³/mol. The molecule has 0 aliphatic rings. The van der Waals surface area contributed by atoms with Gasteiger partial charge in [-0.1, -0.05) is 18.7 Å². The van der Waals surface area contributed by atoms with Gasteiger partial charge in [-0.25, -0.2) is 4.79 Å². The molecule has 0 aliphatic carbocycles. The van der Waals surface area contributed by atoms with E-state index in [1.54, 1.807) is 39.0 Å². The van der Waals surface area contributed by atoms with Crippen LogP contribution in [-0.2, 0) is 15.1 Å². The second-order valence-corrected chi connectivity index (χ2v) is 6.62. The molecule has 22 heavy (non-hydrogen) atoms. The molecule has 0 radical (unpaired) electrons. The van der Waals surface area contributed by atoms with E-state index in [9.17, 15) is 9.90 Å². The van der Waals surface area contributed by atoms with E-state index >= 15 is 0 Å². The Morgan fingerprint density at radius 1 is 1.27 bits per heavy atom. The summed E-state index contributed by atoms with van der Waals surface area (Å²) >= 11 is 0. The van der Waals surface area contributed by atoms with Crippen molar-refractivity contribution in [2.45, 2.75) is 58.8 Å². The molecule has 0 heterocycles. The highest BCUT2D eigenvalue weighted by atomic mass is 16.5. The third-order valence-corrected chi connectivity index (χ3v) is 3.55. The summed E-state index contributed by atoms with van der Waals surface area (Å²) in [5, 5.41) is 10.0. The Morgan fingerprint density at radius 2 is 1.86 bits per heavy atom. The van der Waals surface area contributed by atoms with Crippen molar-refractivity contribution in [1.29, 1.82) is 0 Å². The largest absolute Gasteiger partial charge is 0.423 e. The molecule has 1 aromatic carbocycles. The van der Waals surface area contributed by atoms with Crippen LogP contribution in [0.2, 0.25) is 0 Å². The number of benzene rings is 1. The minimum atomic E-state index is -0.943. The van der Waals surface area contributed by atoms with Crippen LogP contribution < -0.4 is 4.74 Å². The zero-order chi connectivity index (χ0) is 17.1. The lowest BCUT2D eigenvalue weighted by Gasteiger charge is -2.35. The van der Waals surface area contributed by atoms with E-state index in [0.29, 0.717) is 11.3 Å². The molecule has 0 fully saturated rings. The van der Waals surface area contributed by atoms with Crippen LogP contribution in [-0.4, -0.2) is 22.8 Å². The van der Waals surface area contributed by atoms with Gasteiger partial charge in [0.15, 0.2) is 0 Å². The number of carbonyl (C=O) groups is 1. The summed E-state index contributed by atoms with van der Waals surface area (Å²) in [6, 6.07) is 7.17. The zero-order valence-corrected chi connectivity index (χ0v) is 14.3. The molecule has 0 saturated carbocycles. The normalized spacial score (nSPS) is 13.6. The van der Waals surface area contributed by atoms with Gasteiger partial charge in [0.2, 0.25) is 0 Å². The Kier molecular flexibility index (Phi) is 5.54. The molecule has 0 spiro atoms. The fraction of sp³-hybridized carbons (Fsp3) is 0.500. The van der Waals surface area contributed by atoms with Crippen LogP contribution in [0.3, 0.4) is 0 Å². The molecule has 4 nitrogen and oxygen atoms in total. The van der Waals surface area contributed by atoms with Gasteiger partial charge < -0.3 is 14.6 Å². The van der Waals surface area contributed by atoms with Crippen LogP contribution in [0.4, 0.5) is 0 Å². The third-order valence-electron chi connectivity index (χ3n) is 3.55. The Hall–Kier alpha value is -1.65. The minimum Gasteiger partial charge on any atom is -0.423 e. The predicted octanol–water partition coefficient (Wildman–Crippen LogP) is 3.58. The van der Waals surface area contributed by atoms with Crippen molar-refractivity contribution in [3.8, 4) is 5.75 Å². The van der Waals surface area contributed by atoms with Gasteiger partial charge in [0.25, 0.3) is 0 Å². The minimum absolute atomic E-state index is 0.344. The lowest BCUT2D eigenvalue weighted by Crippen LogP contribution is -2.40. The van der Waals surface area contributed by atoms with E-state index in [1.165, 1.54) is 0 Å². The van der Waals surface area contributed by atoms with E-state index in [1.807, 2.05) is 26.8 Å². The van der Waals surface area contributed by atoms with Crippen molar-refractivity contribution >= 4 is 5.97 Å². The first-order chi connectivity index (χ1) is 9.93. The van der Waals surface area contributed by atoms with Crippen molar-refractivity contribution in [1.82, 2.24) is 0 Å². The fourth-order valence-corrected chi connectivity index (χ4v) is 1.78. The molecule has 4 heteroatoms. The van der Waals surface area contributed by atoms with E-state index in [-0.39, 0.29) is 6.10 Å². The molecule has 1 unspecified atom stereocenters. The lowest BCUT2D eigenvalue weighted by molar-refractivity contribution is -0.146. The molecule has 1 N–H and O–H groups in total. The lowest BCUT2D eigenvalue weighted by atomic mass is 9.95. The Balaban J connectivity index is 2.96. The number of aliphatic hydroxyl groups is 1. The highest BCUT2D eigenvalue weighted by molar-refractivity contribution is 5.88. The van der Waals surface area contributed by atoms with Crippen LogP contribution in [0.1, 0.15) is 47.1 Å². The quantitative estimate of drug-likeness (QED) is 0.496. The SMILES string of the molecule is C=C(C)C(=O)Oc1cccc(C(C)(C)OC(C)C(C)(C)O)c1. The topological polar surface area (TPSA) is 55.8 Å². The zero-order valence-electron chi connectivity index (χ0n) is 14.3. The molecule has 0 aromatic heterocycles. The van der Waals surface area contributed by atoms with Gasteiger partial charge in [0.1, 0.15) is 5.75 Å². The summed E-state index contributed by atoms with van der Waals surface area (Å²) in [4.78, 5) is 11.6. The van der Waals surface area contributed by atoms with Crippen molar-refractivity contribution in [3.05, 3.63) is 42.0 Å². The van der Waals surface area contributed by atoms with Crippen LogP contribution in [0.5, 0.6) is 5.75 Å². The second-order valence-electron chi connectivity index (χ2n) is 6.62. The molecule has 0 bridgehead atoms. The number of ether oxygens (including phenoxy) is 2. The number of rotatable bonds is 6. The number of carbonyl (C=O) groups excluding carboxylic acids is 1. The van der Waals surface area contributed by atoms with Crippen LogP contribution in [0.15, 0.2) is 36.4 Å². The summed E-state index contributed by atoms with van der Waals surface area (Å²) in [7, 11) is 0. The highest BCUT2D eigenvalue weighted by Crippen LogP contribution is 2.31. The molecule has 0 amide bonds. The van der Waals surface area contributed by atoms with E-state index in [0.717, 1.165) is 5.56 Å². The summed E-state index contributed by atoms with van der Waals surface area (Å²) < 4.78 is 11.2. The molecule has 1 rings (SSSR count). The maximum Gasteiger partial charge on any atom is 0.338 e. The van der Waals surface area contributed by atoms with Crippen molar-refractivity contribution in [2.75, 3.05) is 0 Å². The smallest absolute Gasteiger partial charge is 0.338 e. The van der Waals surface area contributed by atoms with Crippen molar-refractivity contribution in [2.24, 2.45) is 0 Å². The average Bonchev–Trinajstić information content (AvgIpc) is 2.37. The number of esters is 1. The van der Waals surface area contributed by atoms with Crippen LogP contribution >= 0.6 is 0 Å². The van der Waals surface area contributed by atoms with Gasteiger partial charge in [-0.05, 0) is 59.2 Å². The summed E-state index contributed by atoms with van der Waals surface area (Å²) in [6.45, 7) is 14.2. The van der Waals surface area contributed by atoms with Crippen molar-refractivity contribution < 1.29 is 19.4 Å².